The Morgan fingerprint density at radius 2 is 2.21 bits per heavy atom. The van der Waals surface area contributed by atoms with E-state index in [0.29, 0.717) is 5.70 Å². The van der Waals surface area contributed by atoms with Crippen LogP contribution in [0, 0.1) is 6.08 Å². The van der Waals surface area contributed by atoms with E-state index in [2.05, 4.69) is 11.4 Å². The summed E-state index contributed by atoms with van der Waals surface area (Å²) in [5.74, 6) is -0.0508. The molecule has 0 spiro atoms. The highest BCUT2D eigenvalue weighted by Crippen LogP contribution is 2.27. The maximum atomic E-state index is 11.1. The zero-order valence-corrected chi connectivity index (χ0v) is 8.43. The van der Waals surface area contributed by atoms with Gasteiger partial charge in [0.15, 0.2) is 5.78 Å². The first-order valence-electron chi connectivity index (χ1n) is 4.33. The van der Waals surface area contributed by atoms with Gasteiger partial charge in [-0.25, -0.2) is 0 Å². The first-order chi connectivity index (χ1) is 6.68. The molecule has 1 atom stereocenters. The van der Waals surface area contributed by atoms with E-state index >= 15 is 0 Å². The Balaban J connectivity index is 2.50. The standard InChI is InChI=1S/C11H9ClNO/c1-7(14)10-6-8-4-2-3-5-9(8)11(12)13-10/h2-5,11,13H,1H3. The Bertz CT molecular complexity index is 412. The number of fused-ring (bicyclic) bond motifs is 1. The van der Waals surface area contributed by atoms with Crippen LogP contribution < -0.4 is 5.32 Å². The van der Waals surface area contributed by atoms with Crippen molar-refractivity contribution in [2.24, 2.45) is 0 Å². The molecule has 0 aromatic heterocycles. The highest BCUT2D eigenvalue weighted by atomic mass is 35.5. The molecule has 0 fully saturated rings. The zero-order valence-electron chi connectivity index (χ0n) is 7.67. The molecule has 1 heterocycles. The molecule has 3 heteroatoms. The topological polar surface area (TPSA) is 29.1 Å². The Hall–Kier alpha value is -1.28. The number of hydrogen-bond acceptors (Lipinski definition) is 2. The van der Waals surface area contributed by atoms with Crippen molar-refractivity contribution in [2.45, 2.75) is 12.4 Å². The van der Waals surface area contributed by atoms with E-state index in [1.165, 1.54) is 6.92 Å². The number of halogens is 1. The van der Waals surface area contributed by atoms with E-state index < -0.39 is 0 Å². The van der Waals surface area contributed by atoms with Crippen molar-refractivity contribution >= 4 is 17.4 Å². The average Bonchev–Trinajstić information content (AvgIpc) is 2.17. The van der Waals surface area contributed by atoms with Crippen LogP contribution in [0.25, 0.3) is 0 Å². The molecule has 0 saturated heterocycles. The number of hydrogen-bond donors (Lipinski definition) is 1. The van der Waals surface area contributed by atoms with Gasteiger partial charge in [-0.3, -0.25) is 4.79 Å². The number of Topliss-reactive ketones (excluding diaryl/α,β-unsaturated/α-hetero) is 1. The molecule has 0 bridgehead atoms. The maximum Gasteiger partial charge on any atom is 0.176 e. The fourth-order valence-electron chi connectivity index (χ4n) is 1.40. The summed E-state index contributed by atoms with van der Waals surface area (Å²) in [5.41, 5.74) is 1.95. The summed E-state index contributed by atoms with van der Waals surface area (Å²) in [4.78, 5) is 11.1. The van der Waals surface area contributed by atoms with Gasteiger partial charge in [-0.1, -0.05) is 35.9 Å². The molecule has 0 amide bonds. The summed E-state index contributed by atoms with van der Waals surface area (Å²) in [5, 5.41) is 2.89. The van der Waals surface area contributed by atoms with Gasteiger partial charge < -0.3 is 5.32 Å². The lowest BCUT2D eigenvalue weighted by molar-refractivity contribution is -0.114. The van der Waals surface area contributed by atoms with Gasteiger partial charge in [0.1, 0.15) is 5.50 Å². The van der Waals surface area contributed by atoms with E-state index in [-0.39, 0.29) is 11.3 Å². The predicted molar refractivity (Wildman–Crippen MR) is 54.7 cm³/mol. The monoisotopic (exact) mass is 206 g/mol. The first-order valence-corrected chi connectivity index (χ1v) is 4.76. The van der Waals surface area contributed by atoms with Crippen molar-refractivity contribution in [2.75, 3.05) is 0 Å². The van der Waals surface area contributed by atoms with Crippen LogP contribution in [-0.4, -0.2) is 5.78 Å². The first kappa shape index (κ1) is 9.28. The second-order valence-electron chi connectivity index (χ2n) is 3.15. The molecule has 1 aliphatic heterocycles. The summed E-state index contributed by atoms with van der Waals surface area (Å²) in [6.07, 6.45) is 3.00. The number of carbonyl (C=O) groups excluding carboxylic acids is 1. The maximum absolute atomic E-state index is 11.1. The van der Waals surface area contributed by atoms with E-state index in [4.69, 9.17) is 11.6 Å². The smallest absolute Gasteiger partial charge is 0.176 e. The number of alkyl halides is 1. The number of nitrogens with one attached hydrogen (secondary N) is 1. The van der Waals surface area contributed by atoms with Gasteiger partial charge in [-0.15, -0.1) is 0 Å². The summed E-state index contributed by atoms with van der Waals surface area (Å²) in [6.45, 7) is 1.49. The molecular formula is C11H9ClNO. The Morgan fingerprint density at radius 3 is 2.93 bits per heavy atom. The third-order valence-electron chi connectivity index (χ3n) is 2.12. The molecule has 2 rings (SSSR count). The highest BCUT2D eigenvalue weighted by molar-refractivity contribution is 6.21. The van der Waals surface area contributed by atoms with Crippen LogP contribution in [0.15, 0.2) is 30.0 Å². The number of rotatable bonds is 1. The molecule has 14 heavy (non-hydrogen) atoms. The molecule has 1 radical (unpaired) electrons. The van der Waals surface area contributed by atoms with Gasteiger partial charge >= 0.3 is 0 Å². The second-order valence-corrected chi connectivity index (χ2v) is 3.59. The minimum atomic E-state index is -0.341. The summed E-state index contributed by atoms with van der Waals surface area (Å²) < 4.78 is 0. The quantitative estimate of drug-likeness (QED) is 0.564. The molecular weight excluding hydrogens is 198 g/mol. The molecule has 71 valence electrons. The van der Waals surface area contributed by atoms with Crippen molar-refractivity contribution in [3.63, 3.8) is 0 Å². The number of ketones is 1. The van der Waals surface area contributed by atoms with Gasteiger partial charge in [-0.2, -0.15) is 0 Å². The Labute approximate surface area is 87.6 Å². The molecule has 0 saturated carbocycles. The third kappa shape index (κ3) is 1.53. The number of benzene rings is 1. The molecule has 1 unspecified atom stereocenters. The Kier molecular flexibility index (Phi) is 2.30. The van der Waals surface area contributed by atoms with Crippen LogP contribution in [0.2, 0.25) is 0 Å². The van der Waals surface area contributed by atoms with E-state index in [0.717, 1.165) is 11.1 Å². The minimum Gasteiger partial charge on any atom is -0.362 e. The van der Waals surface area contributed by atoms with Crippen LogP contribution in [0.5, 0.6) is 0 Å². The van der Waals surface area contributed by atoms with E-state index in [1.807, 2.05) is 24.3 Å². The highest BCUT2D eigenvalue weighted by Gasteiger charge is 2.19. The van der Waals surface area contributed by atoms with Gasteiger partial charge in [0, 0.05) is 13.0 Å². The third-order valence-corrected chi connectivity index (χ3v) is 2.46. The van der Waals surface area contributed by atoms with Crippen LogP contribution >= 0.6 is 11.6 Å². The molecule has 1 aliphatic rings. The van der Waals surface area contributed by atoms with Gasteiger partial charge in [-0.05, 0) is 11.1 Å². The van der Waals surface area contributed by atoms with Crippen molar-refractivity contribution in [1.82, 2.24) is 5.32 Å². The van der Waals surface area contributed by atoms with Crippen molar-refractivity contribution in [3.05, 3.63) is 47.2 Å². The molecule has 1 aromatic rings. The number of allylic oxidation sites excluding steroid dienone is 1. The SMILES string of the molecule is CC(=O)C1=[C]c2ccccc2C(Cl)N1. The molecule has 2 nitrogen and oxygen atoms in total. The molecule has 1 aromatic carbocycles. The van der Waals surface area contributed by atoms with Crippen molar-refractivity contribution < 1.29 is 4.79 Å². The number of carbonyl (C=O) groups is 1. The summed E-state index contributed by atoms with van der Waals surface area (Å²) >= 11 is 6.06. The second kappa shape index (κ2) is 3.46. The zero-order chi connectivity index (χ0) is 10.1. The van der Waals surface area contributed by atoms with Gasteiger partial charge in [0.2, 0.25) is 0 Å². The van der Waals surface area contributed by atoms with Crippen LogP contribution in [-0.2, 0) is 4.79 Å². The largest absolute Gasteiger partial charge is 0.362 e. The van der Waals surface area contributed by atoms with Crippen molar-refractivity contribution in [1.29, 1.82) is 0 Å². The van der Waals surface area contributed by atoms with Gasteiger partial charge in [0.05, 0.1) is 5.70 Å². The lowest BCUT2D eigenvalue weighted by Crippen LogP contribution is -2.25. The summed E-state index contributed by atoms with van der Waals surface area (Å²) in [6, 6.07) is 7.63. The van der Waals surface area contributed by atoms with Crippen LogP contribution in [0.3, 0.4) is 0 Å². The summed E-state index contributed by atoms with van der Waals surface area (Å²) in [7, 11) is 0. The fraction of sp³-hybridized carbons (Fsp3) is 0.182. The molecule has 0 aliphatic carbocycles. The van der Waals surface area contributed by atoms with Crippen LogP contribution in [0.4, 0.5) is 0 Å². The molecule has 1 N–H and O–H groups in total. The minimum absolute atomic E-state index is 0.0508. The van der Waals surface area contributed by atoms with E-state index in [9.17, 15) is 4.79 Å². The lowest BCUT2D eigenvalue weighted by Gasteiger charge is -2.21. The Morgan fingerprint density at radius 1 is 1.50 bits per heavy atom. The normalized spacial score (nSPS) is 19.3. The van der Waals surface area contributed by atoms with Crippen molar-refractivity contribution in [3.8, 4) is 0 Å². The van der Waals surface area contributed by atoms with E-state index in [1.54, 1.807) is 0 Å². The lowest BCUT2D eigenvalue weighted by atomic mass is 10.0. The average molecular weight is 207 g/mol. The van der Waals surface area contributed by atoms with Crippen LogP contribution in [0.1, 0.15) is 23.6 Å². The fourth-order valence-corrected chi connectivity index (χ4v) is 1.70. The van der Waals surface area contributed by atoms with Gasteiger partial charge in [0.25, 0.3) is 0 Å². The predicted octanol–water partition coefficient (Wildman–Crippen LogP) is 2.15.